The van der Waals surface area contributed by atoms with Crippen LogP contribution in [0.2, 0.25) is 0 Å². The second kappa shape index (κ2) is 8.00. The predicted octanol–water partition coefficient (Wildman–Crippen LogP) is 3.42. The third-order valence-corrected chi connectivity index (χ3v) is 7.73. The normalized spacial score (nSPS) is 20.4. The average molecular weight is 421 g/mol. The largest absolute Gasteiger partial charge is 0.360 e. The molecule has 6 nitrogen and oxygen atoms in total. The van der Waals surface area contributed by atoms with E-state index in [4.69, 9.17) is 4.98 Å². The number of likely N-dealkylation sites (tertiary alicyclic amines) is 1. The number of nitrogens with zero attached hydrogens (tertiary/aromatic N) is 3. The first kappa shape index (κ1) is 19.7. The minimum absolute atomic E-state index is 0.561. The summed E-state index contributed by atoms with van der Waals surface area (Å²) >= 11 is 1.63. The van der Waals surface area contributed by atoms with Gasteiger partial charge in [-0.2, -0.15) is 0 Å². The highest BCUT2D eigenvalue weighted by Gasteiger charge is 2.25. The number of hydrogen-bond acceptors (Lipinski definition) is 6. The first-order valence-electron chi connectivity index (χ1n) is 10.00. The van der Waals surface area contributed by atoms with E-state index in [2.05, 4.69) is 28.6 Å². The van der Waals surface area contributed by atoms with Gasteiger partial charge in [0.25, 0.3) is 0 Å². The van der Waals surface area contributed by atoms with Crippen LogP contribution in [-0.4, -0.2) is 56.8 Å². The Kier molecular flexibility index (Phi) is 5.62. The molecule has 0 radical (unpaired) electrons. The molecule has 0 aliphatic carbocycles. The number of nitrogens with one attached hydrogen (secondary N) is 1. The lowest BCUT2D eigenvalue weighted by Crippen LogP contribution is -2.34. The van der Waals surface area contributed by atoms with Crippen LogP contribution < -0.4 is 9.62 Å². The molecule has 4 rings (SSSR count). The monoisotopic (exact) mass is 420 g/mol. The predicted molar refractivity (Wildman–Crippen MR) is 117 cm³/mol. The first-order chi connectivity index (χ1) is 13.5. The summed E-state index contributed by atoms with van der Waals surface area (Å²) in [6.45, 7) is 6.03. The summed E-state index contributed by atoms with van der Waals surface area (Å²) in [7, 11) is -3.23. The maximum atomic E-state index is 12.0. The zero-order chi connectivity index (χ0) is 19.7. The molecule has 1 atom stereocenters. The molecule has 1 aromatic carbocycles. The number of sulfonamides is 1. The molecule has 2 aliphatic heterocycles. The molecule has 2 aliphatic rings. The molecule has 8 heteroatoms. The van der Waals surface area contributed by atoms with Crippen LogP contribution in [0.15, 0.2) is 23.6 Å². The number of aromatic nitrogens is 1. The van der Waals surface area contributed by atoms with Gasteiger partial charge in [-0.15, -0.1) is 11.3 Å². The molecule has 1 saturated heterocycles. The van der Waals surface area contributed by atoms with Crippen LogP contribution in [0.3, 0.4) is 0 Å². The number of rotatable bonds is 6. The highest BCUT2D eigenvalue weighted by molar-refractivity contribution is 7.92. The topological polar surface area (TPSA) is 65.5 Å². The molecule has 1 N–H and O–H groups in total. The molecule has 152 valence electrons. The van der Waals surface area contributed by atoms with Crippen molar-refractivity contribution in [1.82, 2.24) is 9.88 Å². The molecule has 28 heavy (non-hydrogen) atoms. The fraction of sp³-hybridized carbons (Fsp3) is 0.550. The van der Waals surface area contributed by atoms with Gasteiger partial charge in [0, 0.05) is 30.1 Å². The van der Waals surface area contributed by atoms with E-state index in [1.807, 2.05) is 12.1 Å². The number of aryl methyl sites for hydroxylation is 1. The van der Waals surface area contributed by atoms with Gasteiger partial charge in [-0.05, 0) is 56.5 Å². The molecular formula is C20H28N4O2S2. The van der Waals surface area contributed by atoms with E-state index in [0.717, 1.165) is 53.6 Å². The lowest BCUT2D eigenvalue weighted by atomic mass is 10.00. The SMILES string of the molecule is CCN1CCCC1CNc1nc(-c2ccc3c(c2)CCCN3S(C)(=O)=O)cs1. The van der Waals surface area contributed by atoms with Crippen LogP contribution >= 0.6 is 11.3 Å². The van der Waals surface area contributed by atoms with Crippen LogP contribution in [0.1, 0.15) is 31.7 Å². The summed E-state index contributed by atoms with van der Waals surface area (Å²) in [6.07, 6.45) is 5.56. The van der Waals surface area contributed by atoms with Crippen molar-refractivity contribution in [3.63, 3.8) is 0 Å². The number of fused-ring (bicyclic) bond motifs is 1. The molecule has 1 fully saturated rings. The van der Waals surface area contributed by atoms with Crippen molar-refractivity contribution in [1.29, 1.82) is 0 Å². The highest BCUT2D eigenvalue weighted by Crippen LogP contribution is 2.34. The molecule has 0 bridgehead atoms. The summed E-state index contributed by atoms with van der Waals surface area (Å²) in [6, 6.07) is 6.61. The smallest absolute Gasteiger partial charge is 0.232 e. The number of anilines is 2. The third-order valence-electron chi connectivity index (χ3n) is 5.75. The van der Waals surface area contributed by atoms with Gasteiger partial charge >= 0.3 is 0 Å². The Labute approximate surface area is 171 Å². The maximum absolute atomic E-state index is 12.0. The van der Waals surface area contributed by atoms with Gasteiger partial charge < -0.3 is 5.32 Å². The van der Waals surface area contributed by atoms with Gasteiger partial charge in [-0.1, -0.05) is 13.0 Å². The zero-order valence-electron chi connectivity index (χ0n) is 16.5. The Morgan fingerprint density at radius 1 is 1.29 bits per heavy atom. The molecule has 3 heterocycles. The van der Waals surface area contributed by atoms with Gasteiger partial charge in [0.05, 0.1) is 17.6 Å². The van der Waals surface area contributed by atoms with E-state index in [1.54, 1.807) is 11.3 Å². The summed E-state index contributed by atoms with van der Waals surface area (Å²) in [4.78, 5) is 7.29. The minimum atomic E-state index is -3.23. The summed E-state index contributed by atoms with van der Waals surface area (Å²) < 4.78 is 25.6. The Balaban J connectivity index is 1.48. The highest BCUT2D eigenvalue weighted by atomic mass is 32.2. The Morgan fingerprint density at radius 3 is 2.93 bits per heavy atom. The van der Waals surface area contributed by atoms with Gasteiger partial charge in [-0.3, -0.25) is 9.21 Å². The minimum Gasteiger partial charge on any atom is -0.360 e. The van der Waals surface area contributed by atoms with E-state index in [-0.39, 0.29) is 0 Å². The van der Waals surface area contributed by atoms with Crippen molar-refractivity contribution in [3.05, 3.63) is 29.1 Å². The van der Waals surface area contributed by atoms with Crippen LogP contribution in [0.5, 0.6) is 0 Å². The molecule has 0 saturated carbocycles. The second-order valence-corrected chi connectivity index (χ2v) is 10.4. The fourth-order valence-electron chi connectivity index (χ4n) is 4.30. The van der Waals surface area contributed by atoms with Gasteiger partial charge in [0.2, 0.25) is 10.0 Å². The quantitative estimate of drug-likeness (QED) is 0.776. The van der Waals surface area contributed by atoms with Crippen molar-refractivity contribution in [2.75, 3.05) is 42.1 Å². The van der Waals surface area contributed by atoms with Crippen molar-refractivity contribution in [3.8, 4) is 11.3 Å². The summed E-state index contributed by atoms with van der Waals surface area (Å²) in [5.41, 5.74) is 3.90. The standard InChI is InChI=1S/C20H28N4O2S2/c1-3-23-10-5-7-17(23)13-21-20-22-18(14-27-20)15-8-9-19-16(12-15)6-4-11-24(19)28(2,25)26/h8-9,12,14,17H,3-7,10-11,13H2,1-2H3,(H,21,22). The lowest BCUT2D eigenvalue weighted by molar-refractivity contribution is 0.277. The molecule has 1 unspecified atom stereocenters. The Hall–Kier alpha value is -1.64. The summed E-state index contributed by atoms with van der Waals surface area (Å²) in [5.74, 6) is 0. The van der Waals surface area contributed by atoms with Crippen molar-refractivity contribution in [2.45, 2.75) is 38.6 Å². The maximum Gasteiger partial charge on any atom is 0.232 e. The number of thiazole rings is 1. The van der Waals surface area contributed by atoms with Crippen LogP contribution in [-0.2, 0) is 16.4 Å². The average Bonchev–Trinajstić information content (AvgIpc) is 3.33. The van der Waals surface area contributed by atoms with E-state index in [0.29, 0.717) is 12.6 Å². The second-order valence-electron chi connectivity index (χ2n) is 7.63. The van der Waals surface area contributed by atoms with Crippen LogP contribution in [0.4, 0.5) is 10.8 Å². The van der Waals surface area contributed by atoms with Crippen molar-refractivity contribution >= 4 is 32.2 Å². The zero-order valence-corrected chi connectivity index (χ0v) is 18.2. The van der Waals surface area contributed by atoms with Crippen LogP contribution in [0, 0.1) is 0 Å². The van der Waals surface area contributed by atoms with E-state index >= 15 is 0 Å². The Bertz CT molecular complexity index is 941. The molecular weight excluding hydrogens is 392 g/mol. The van der Waals surface area contributed by atoms with E-state index in [1.165, 1.54) is 29.9 Å². The number of likely N-dealkylation sites (N-methyl/N-ethyl adjacent to an activating group) is 1. The van der Waals surface area contributed by atoms with Crippen LogP contribution in [0.25, 0.3) is 11.3 Å². The molecule has 0 spiro atoms. The Morgan fingerprint density at radius 2 is 2.14 bits per heavy atom. The van der Waals surface area contributed by atoms with Gasteiger partial charge in [-0.25, -0.2) is 13.4 Å². The molecule has 2 aromatic rings. The van der Waals surface area contributed by atoms with Crippen molar-refractivity contribution in [2.24, 2.45) is 0 Å². The number of benzene rings is 1. The third kappa shape index (κ3) is 4.04. The fourth-order valence-corrected chi connectivity index (χ4v) is 6.03. The summed E-state index contributed by atoms with van der Waals surface area (Å²) in [5, 5.41) is 6.54. The van der Waals surface area contributed by atoms with Crippen molar-refractivity contribution < 1.29 is 8.42 Å². The lowest BCUT2D eigenvalue weighted by Gasteiger charge is -2.29. The number of hydrogen-bond donors (Lipinski definition) is 1. The van der Waals surface area contributed by atoms with E-state index < -0.39 is 10.0 Å². The van der Waals surface area contributed by atoms with Gasteiger partial charge in [0.15, 0.2) is 5.13 Å². The molecule has 1 aromatic heterocycles. The van der Waals surface area contributed by atoms with E-state index in [9.17, 15) is 8.42 Å². The van der Waals surface area contributed by atoms with Gasteiger partial charge in [0.1, 0.15) is 0 Å². The molecule has 0 amide bonds. The first-order valence-corrected chi connectivity index (χ1v) is 12.7.